The molecule has 0 spiro atoms. The van der Waals surface area contributed by atoms with Gasteiger partial charge in [-0.25, -0.2) is 13.1 Å². The van der Waals surface area contributed by atoms with E-state index in [9.17, 15) is 13.2 Å². The molecule has 8 heteroatoms. The predicted octanol–water partition coefficient (Wildman–Crippen LogP) is 1.36. The highest BCUT2D eigenvalue weighted by Gasteiger charge is 2.29. The van der Waals surface area contributed by atoms with Gasteiger partial charge in [0.15, 0.2) is 0 Å². The summed E-state index contributed by atoms with van der Waals surface area (Å²) in [4.78, 5) is 14.0. The first-order valence-corrected chi connectivity index (χ1v) is 11.7. The summed E-state index contributed by atoms with van der Waals surface area (Å²) < 4.78 is 27.4. The second kappa shape index (κ2) is 8.90. The summed E-state index contributed by atoms with van der Waals surface area (Å²) in [6, 6.07) is 5.07. The number of carbonyl (C=O) groups is 1. The first kappa shape index (κ1) is 20.6. The van der Waals surface area contributed by atoms with Crippen LogP contribution < -0.4 is 14.9 Å². The summed E-state index contributed by atoms with van der Waals surface area (Å²) in [6.45, 7) is 5.13. The Hall–Kier alpha value is -1.15. The summed E-state index contributed by atoms with van der Waals surface area (Å²) in [6.07, 6.45) is 6.47. The highest BCUT2D eigenvalue weighted by Crippen LogP contribution is 2.26. The van der Waals surface area contributed by atoms with Crippen molar-refractivity contribution in [2.45, 2.75) is 62.4 Å². The van der Waals surface area contributed by atoms with Crippen molar-refractivity contribution in [3.63, 3.8) is 0 Å². The van der Waals surface area contributed by atoms with E-state index >= 15 is 0 Å². The van der Waals surface area contributed by atoms with Crippen molar-refractivity contribution < 1.29 is 18.1 Å². The van der Waals surface area contributed by atoms with E-state index in [1.54, 1.807) is 11.0 Å². The van der Waals surface area contributed by atoms with Crippen LogP contribution in [0.3, 0.4) is 0 Å². The van der Waals surface area contributed by atoms with Crippen molar-refractivity contribution >= 4 is 27.5 Å². The largest absolute Gasteiger partial charge is 0.352 e. The van der Waals surface area contributed by atoms with Gasteiger partial charge < -0.3 is 10.2 Å². The van der Waals surface area contributed by atoms with E-state index in [0.717, 1.165) is 25.8 Å². The van der Waals surface area contributed by atoms with Gasteiger partial charge in [0.1, 0.15) is 4.90 Å². The molecule has 150 valence electrons. The Labute approximate surface area is 166 Å². The number of benzene rings is 1. The minimum absolute atomic E-state index is 0.0109. The average molecular weight is 415 g/mol. The summed E-state index contributed by atoms with van der Waals surface area (Å²) in [5.74, 6) is -0.267. The molecule has 1 aromatic carbocycles. The quantitative estimate of drug-likeness (QED) is 0.562. The number of carbonyl (C=O) groups excluding carboxylic acids is 1. The zero-order chi connectivity index (χ0) is 19.4. The highest BCUT2D eigenvalue weighted by atomic mass is 35.5. The third kappa shape index (κ3) is 5.67. The van der Waals surface area contributed by atoms with Gasteiger partial charge in [0.25, 0.3) is 5.91 Å². The predicted molar refractivity (Wildman–Crippen MR) is 106 cm³/mol. The third-order valence-electron chi connectivity index (χ3n) is 5.42. The van der Waals surface area contributed by atoms with Gasteiger partial charge in [0, 0.05) is 24.6 Å². The maximum atomic E-state index is 12.4. The number of sulfonamides is 1. The fraction of sp³-hybridized carbons (Fsp3) is 0.632. The monoisotopic (exact) mass is 414 g/mol. The highest BCUT2D eigenvalue weighted by molar-refractivity contribution is 7.89. The normalized spacial score (nSPS) is 23.2. The van der Waals surface area contributed by atoms with Crippen molar-refractivity contribution in [2.24, 2.45) is 0 Å². The maximum absolute atomic E-state index is 12.4. The number of quaternary nitrogens is 1. The Balaban J connectivity index is 1.54. The summed E-state index contributed by atoms with van der Waals surface area (Å²) in [7, 11) is -3.69. The molecule has 1 saturated heterocycles. The summed E-state index contributed by atoms with van der Waals surface area (Å²) in [5, 5.41) is 3.02. The van der Waals surface area contributed by atoms with Crippen molar-refractivity contribution in [2.75, 3.05) is 19.6 Å². The van der Waals surface area contributed by atoms with Gasteiger partial charge in [-0.1, -0.05) is 11.6 Å². The van der Waals surface area contributed by atoms with Crippen LogP contribution in [-0.2, 0) is 10.0 Å². The lowest BCUT2D eigenvalue weighted by Gasteiger charge is -2.30. The number of halogens is 1. The molecular weight excluding hydrogens is 386 g/mol. The van der Waals surface area contributed by atoms with Crippen LogP contribution in [0.2, 0.25) is 5.02 Å². The van der Waals surface area contributed by atoms with Gasteiger partial charge in [-0.3, -0.25) is 4.79 Å². The van der Waals surface area contributed by atoms with E-state index in [4.69, 9.17) is 11.6 Å². The molecule has 2 aliphatic rings. The molecule has 0 bridgehead atoms. The Kier molecular flexibility index (Phi) is 6.78. The molecule has 1 heterocycles. The number of rotatable bonds is 8. The number of piperidine rings is 1. The van der Waals surface area contributed by atoms with E-state index in [1.165, 1.54) is 37.9 Å². The molecule has 2 atom stereocenters. The Bertz CT molecular complexity index is 780. The van der Waals surface area contributed by atoms with Crippen molar-refractivity contribution in [3.05, 3.63) is 28.8 Å². The molecule has 1 amide bonds. The molecule has 27 heavy (non-hydrogen) atoms. The van der Waals surface area contributed by atoms with Crippen LogP contribution in [0.5, 0.6) is 0 Å². The molecule has 1 aliphatic heterocycles. The van der Waals surface area contributed by atoms with E-state index in [1.807, 2.05) is 0 Å². The van der Waals surface area contributed by atoms with E-state index in [2.05, 4.69) is 17.0 Å². The Morgan fingerprint density at radius 3 is 2.74 bits per heavy atom. The number of hydrogen-bond donors (Lipinski definition) is 3. The fourth-order valence-corrected chi connectivity index (χ4v) is 5.41. The molecule has 1 aliphatic carbocycles. The van der Waals surface area contributed by atoms with Crippen LogP contribution in [-0.4, -0.2) is 46.0 Å². The second-order valence-corrected chi connectivity index (χ2v) is 9.79. The summed E-state index contributed by atoms with van der Waals surface area (Å²) >= 11 is 6.06. The van der Waals surface area contributed by atoms with E-state index in [-0.39, 0.29) is 21.9 Å². The topological polar surface area (TPSA) is 79.7 Å². The molecule has 3 rings (SSSR count). The fourth-order valence-electron chi connectivity index (χ4n) is 3.58. The maximum Gasteiger partial charge on any atom is 0.251 e. The lowest BCUT2D eigenvalue weighted by molar-refractivity contribution is -0.928. The Morgan fingerprint density at radius 1 is 1.26 bits per heavy atom. The van der Waals surface area contributed by atoms with Gasteiger partial charge >= 0.3 is 0 Å². The number of hydrogen-bond acceptors (Lipinski definition) is 3. The Morgan fingerprint density at radius 2 is 2.04 bits per heavy atom. The van der Waals surface area contributed by atoms with Gasteiger partial charge in [-0.2, -0.15) is 0 Å². The number of likely N-dealkylation sites (tertiary alicyclic amines) is 1. The van der Waals surface area contributed by atoms with Gasteiger partial charge in [0.05, 0.1) is 24.2 Å². The molecule has 0 radical (unpaired) electrons. The molecule has 3 N–H and O–H groups in total. The SMILES string of the molecule is C[C@@H]1CCCC[NH+]1CCCNC(=O)c1ccc(Cl)c(S(=O)(=O)NC2CC2)c1. The van der Waals surface area contributed by atoms with Crippen LogP contribution in [0.1, 0.15) is 55.8 Å². The number of nitrogens with one attached hydrogen (secondary N) is 3. The lowest BCUT2D eigenvalue weighted by Crippen LogP contribution is -3.16. The van der Waals surface area contributed by atoms with Crippen molar-refractivity contribution in [3.8, 4) is 0 Å². The van der Waals surface area contributed by atoms with E-state index in [0.29, 0.717) is 18.2 Å². The van der Waals surface area contributed by atoms with Crippen molar-refractivity contribution in [1.82, 2.24) is 10.0 Å². The molecule has 1 unspecified atom stereocenters. The standard InChI is InChI=1S/C19H28ClN3O3S/c1-14-5-2-3-11-23(14)12-4-10-21-19(24)15-6-9-17(20)18(13-15)27(25,26)22-16-7-8-16/h6,9,13-14,16,22H,2-5,7-8,10-12H2,1H3,(H,21,24)/p+1/t14-/m1/s1. The lowest BCUT2D eigenvalue weighted by atomic mass is 10.0. The zero-order valence-electron chi connectivity index (χ0n) is 15.8. The first-order chi connectivity index (χ1) is 12.9. The van der Waals surface area contributed by atoms with Crippen LogP contribution in [0, 0.1) is 0 Å². The van der Waals surface area contributed by atoms with E-state index < -0.39 is 10.0 Å². The van der Waals surface area contributed by atoms with Crippen molar-refractivity contribution in [1.29, 1.82) is 0 Å². The molecule has 2 fully saturated rings. The van der Waals surface area contributed by atoms with Crippen LogP contribution in [0.4, 0.5) is 0 Å². The number of amides is 1. The average Bonchev–Trinajstić information content (AvgIpc) is 3.43. The first-order valence-electron chi connectivity index (χ1n) is 9.81. The molecule has 1 saturated carbocycles. The molecule has 6 nitrogen and oxygen atoms in total. The van der Waals surface area contributed by atoms with Gasteiger partial charge in [-0.15, -0.1) is 0 Å². The second-order valence-electron chi connectivity index (χ2n) is 7.71. The van der Waals surface area contributed by atoms with Gasteiger partial charge in [0.2, 0.25) is 10.0 Å². The zero-order valence-corrected chi connectivity index (χ0v) is 17.3. The molecule has 1 aromatic rings. The van der Waals surface area contributed by atoms with Crippen LogP contribution >= 0.6 is 11.6 Å². The summed E-state index contributed by atoms with van der Waals surface area (Å²) in [5.41, 5.74) is 0.314. The molecule has 0 aromatic heterocycles. The minimum Gasteiger partial charge on any atom is -0.352 e. The van der Waals surface area contributed by atoms with Crippen LogP contribution in [0.15, 0.2) is 23.1 Å². The van der Waals surface area contributed by atoms with Crippen LogP contribution in [0.25, 0.3) is 0 Å². The molecular formula is C19H29ClN3O3S+. The van der Waals surface area contributed by atoms with Gasteiger partial charge in [-0.05, 0) is 57.2 Å². The third-order valence-corrected chi connectivity index (χ3v) is 7.43. The minimum atomic E-state index is -3.69. The smallest absolute Gasteiger partial charge is 0.251 e.